The van der Waals surface area contributed by atoms with E-state index in [4.69, 9.17) is 37.9 Å². The Labute approximate surface area is 385 Å². The predicted octanol–water partition coefficient (Wildman–Crippen LogP) is -2.20. The van der Waals surface area contributed by atoms with Gasteiger partial charge in [0.25, 0.3) is 0 Å². The van der Waals surface area contributed by atoms with Gasteiger partial charge in [0.2, 0.25) is 6.29 Å². The highest BCUT2D eigenvalue weighted by Crippen LogP contribution is 2.36. The third kappa shape index (κ3) is 12.3. The molecule has 3 heterocycles. The predicted molar refractivity (Wildman–Crippen MR) is 224 cm³/mol. The molecule has 3 saturated heterocycles. The minimum atomic E-state index is -2.35. The second-order valence-corrected chi connectivity index (χ2v) is 15.9. The quantitative estimate of drug-likeness (QED) is 0.0313. The lowest BCUT2D eigenvalue weighted by Crippen LogP contribution is -2.67. The Balaban J connectivity index is 1.43. The monoisotopic (exact) mass is 964 g/mol. The van der Waals surface area contributed by atoms with E-state index < -0.39 is 151 Å². The van der Waals surface area contributed by atoms with Gasteiger partial charge in [-0.25, -0.2) is 9.59 Å². The molecule has 6 rings (SSSR count). The molecule has 68 heavy (non-hydrogen) atoms. The Bertz CT molecular complexity index is 2250. The van der Waals surface area contributed by atoms with Crippen LogP contribution in [0.4, 0.5) is 0 Å². The van der Waals surface area contributed by atoms with Gasteiger partial charge in [-0.05, 0) is 78.6 Å². The van der Waals surface area contributed by atoms with Gasteiger partial charge in [-0.1, -0.05) is 18.2 Å². The Kier molecular flexibility index (Phi) is 17.2. The van der Waals surface area contributed by atoms with Crippen LogP contribution < -0.4 is 0 Å². The van der Waals surface area contributed by atoms with Crippen LogP contribution in [-0.2, 0) is 53.9 Å². The summed E-state index contributed by atoms with van der Waals surface area (Å²) in [6.45, 7) is 0.0116. The molecule has 372 valence electrons. The molecule has 0 spiro atoms. The van der Waals surface area contributed by atoms with Crippen LogP contribution in [0.1, 0.15) is 23.6 Å². The van der Waals surface area contributed by atoms with Gasteiger partial charge in [-0.3, -0.25) is 0 Å². The van der Waals surface area contributed by atoms with Crippen molar-refractivity contribution in [1.82, 2.24) is 0 Å². The summed E-state index contributed by atoms with van der Waals surface area (Å²) in [5.41, 5.74) is 0.712. The molecular weight excluding hydrogens is 912 g/mol. The maximum atomic E-state index is 13.8. The zero-order valence-corrected chi connectivity index (χ0v) is 35.7. The lowest BCUT2D eigenvalue weighted by molar-refractivity contribution is -0.390. The Morgan fingerprint density at radius 2 is 1.16 bits per heavy atom. The number of esters is 2. The smallest absolute Gasteiger partial charge is 0.333 e. The van der Waals surface area contributed by atoms with Crippen molar-refractivity contribution in [3.8, 4) is 34.5 Å². The fourth-order valence-electron chi connectivity index (χ4n) is 7.22. The zero-order chi connectivity index (χ0) is 49.6. The lowest BCUT2D eigenvalue weighted by atomic mass is 9.96. The van der Waals surface area contributed by atoms with E-state index in [1.54, 1.807) is 0 Å². The first-order valence-corrected chi connectivity index (χ1v) is 20.8. The first kappa shape index (κ1) is 51.7. The average molecular weight is 965 g/mol. The van der Waals surface area contributed by atoms with Gasteiger partial charge in [0.15, 0.2) is 65.6 Å². The molecule has 24 nitrogen and oxygen atoms in total. The summed E-state index contributed by atoms with van der Waals surface area (Å²) in [6, 6.07) is 10.9. The van der Waals surface area contributed by atoms with E-state index in [0.717, 1.165) is 48.6 Å². The van der Waals surface area contributed by atoms with E-state index in [1.807, 2.05) is 0 Å². The van der Waals surface area contributed by atoms with Gasteiger partial charge in [0.05, 0.1) is 19.3 Å². The fourth-order valence-corrected chi connectivity index (χ4v) is 7.22. The van der Waals surface area contributed by atoms with Gasteiger partial charge in [-0.15, -0.1) is 0 Å². The van der Waals surface area contributed by atoms with Crippen molar-refractivity contribution in [3.63, 3.8) is 0 Å². The average Bonchev–Trinajstić information content (AvgIpc) is 3.30. The molecule has 0 bridgehead atoms. The van der Waals surface area contributed by atoms with Gasteiger partial charge in [0.1, 0.15) is 54.9 Å². The van der Waals surface area contributed by atoms with Crippen molar-refractivity contribution in [1.29, 1.82) is 0 Å². The number of rotatable bonds is 16. The molecule has 0 aromatic heterocycles. The number of aromatic hydroxyl groups is 6. The molecular formula is C44H52O24. The molecule has 3 aromatic carbocycles. The number of hydrogen-bond donors (Lipinski definition) is 14. The summed E-state index contributed by atoms with van der Waals surface area (Å²) in [5.74, 6) is -5.53. The molecule has 0 saturated carbocycles. The minimum Gasteiger partial charge on any atom is -0.504 e. The molecule has 16 atom stereocenters. The third-order valence-electron chi connectivity index (χ3n) is 11.1. The van der Waals surface area contributed by atoms with Crippen molar-refractivity contribution >= 4 is 24.1 Å². The molecule has 0 unspecified atom stereocenters. The summed E-state index contributed by atoms with van der Waals surface area (Å²) in [5, 5.41) is 145. The number of ether oxygens (including phenoxy) is 8. The van der Waals surface area contributed by atoms with Crippen LogP contribution >= 0.6 is 0 Å². The zero-order valence-electron chi connectivity index (χ0n) is 35.7. The van der Waals surface area contributed by atoms with Crippen LogP contribution in [0, 0.1) is 0 Å². The van der Waals surface area contributed by atoms with Crippen molar-refractivity contribution < 1.29 is 119 Å². The largest absolute Gasteiger partial charge is 0.504 e. The molecule has 0 radical (unpaired) electrons. The standard InChI is InChI=1S/C44H52O24/c1-18-31(54)33(56)35(58)42(62-18)66-38-37(60)41(61-13-12-21-4-9-24(48)27(51)16-21)67-40(39(38)64-29(52)10-5-19-2-7-22(46)25(49)14-19)44(68-43-36(59)34(57)32(55)28(17-45)63-43)65-30(53)11-6-20-3-8-23(47)26(50)15-20/h2-11,14-16,18,28,31-51,54-60H,12-13,17H2,1H3/b10-5+,11-6-/t18-,28-,31-,32-,33+,34+,35+,36-,37+,38+,39-,40-,41-,42-,43+,44+/m0/s1. The molecule has 3 aliphatic heterocycles. The highest BCUT2D eigenvalue weighted by molar-refractivity contribution is 5.88. The van der Waals surface area contributed by atoms with E-state index in [9.17, 15) is 81.1 Å². The SMILES string of the molecule is C[C@@H]1O[C@@H](O[C@@H]2[C@@H](O)[C@@H](OCCc3ccc(O)c(O)c3)O[C@H]([C@H](OC(=O)/C=C\c3ccc(O)c(O)c3)O[C@H]3O[C@@H](CO)[C@H](O)[C@@H](O)[C@@H]3O)[C@H]2OC(=O)/C=C/c2ccc(O)c(O)c2)[C@H](O)[C@H](O)[C@H]1O. The van der Waals surface area contributed by atoms with Gasteiger partial charge in [-0.2, -0.15) is 0 Å². The van der Waals surface area contributed by atoms with Crippen LogP contribution in [0.5, 0.6) is 34.5 Å². The number of benzene rings is 3. The van der Waals surface area contributed by atoms with Crippen molar-refractivity contribution in [2.24, 2.45) is 0 Å². The Hall–Kier alpha value is -5.68. The maximum Gasteiger partial charge on any atom is 0.333 e. The Morgan fingerprint density at radius 3 is 1.75 bits per heavy atom. The van der Waals surface area contributed by atoms with Crippen molar-refractivity contribution in [2.45, 2.75) is 112 Å². The van der Waals surface area contributed by atoms with Gasteiger partial charge < -0.3 is 109 Å². The number of aliphatic hydroxyl groups excluding tert-OH is 8. The van der Waals surface area contributed by atoms with Crippen LogP contribution in [0.15, 0.2) is 66.7 Å². The molecule has 14 N–H and O–H groups in total. The van der Waals surface area contributed by atoms with Crippen LogP contribution in [0.25, 0.3) is 12.2 Å². The summed E-state index contributed by atoms with van der Waals surface area (Å²) in [6.07, 6.45) is -27.4. The summed E-state index contributed by atoms with van der Waals surface area (Å²) < 4.78 is 46.6. The summed E-state index contributed by atoms with van der Waals surface area (Å²) in [7, 11) is 0. The van der Waals surface area contributed by atoms with E-state index in [1.165, 1.54) is 37.3 Å². The molecule has 24 heteroatoms. The third-order valence-corrected chi connectivity index (χ3v) is 11.1. The maximum absolute atomic E-state index is 13.8. The number of aliphatic hydroxyl groups is 8. The van der Waals surface area contributed by atoms with Crippen LogP contribution in [0.2, 0.25) is 0 Å². The number of hydrogen-bond acceptors (Lipinski definition) is 24. The molecule has 3 aliphatic rings. The first-order valence-electron chi connectivity index (χ1n) is 20.8. The lowest BCUT2D eigenvalue weighted by Gasteiger charge is -2.48. The highest BCUT2D eigenvalue weighted by Gasteiger charge is 2.57. The topological polar surface area (TPSA) is 391 Å². The number of phenolic OH excluding ortho intramolecular Hbond substituents is 6. The minimum absolute atomic E-state index is 0.0317. The first-order chi connectivity index (χ1) is 32.3. The molecule has 0 amide bonds. The van der Waals surface area contributed by atoms with E-state index in [-0.39, 0.29) is 24.2 Å². The number of carbonyl (C=O) groups excluding carboxylic acids is 2. The van der Waals surface area contributed by atoms with Crippen LogP contribution in [0.3, 0.4) is 0 Å². The highest BCUT2D eigenvalue weighted by atomic mass is 16.8. The van der Waals surface area contributed by atoms with Crippen LogP contribution in [-0.4, -0.2) is 195 Å². The number of phenols is 6. The van der Waals surface area contributed by atoms with E-state index >= 15 is 0 Å². The molecule has 3 fully saturated rings. The molecule has 0 aliphatic carbocycles. The van der Waals surface area contributed by atoms with Gasteiger partial charge >= 0.3 is 11.9 Å². The summed E-state index contributed by atoms with van der Waals surface area (Å²) >= 11 is 0. The van der Waals surface area contributed by atoms with E-state index in [0.29, 0.717) is 5.56 Å². The molecule has 3 aromatic rings. The van der Waals surface area contributed by atoms with Crippen molar-refractivity contribution in [2.75, 3.05) is 13.2 Å². The normalized spacial score (nSPS) is 32.5. The van der Waals surface area contributed by atoms with Crippen molar-refractivity contribution in [3.05, 3.63) is 83.4 Å². The van der Waals surface area contributed by atoms with E-state index in [2.05, 4.69) is 0 Å². The summed E-state index contributed by atoms with van der Waals surface area (Å²) in [4.78, 5) is 27.5. The fraction of sp³-hybridized carbons (Fsp3) is 0.455. The second-order valence-electron chi connectivity index (χ2n) is 15.9. The number of carbonyl (C=O) groups is 2. The van der Waals surface area contributed by atoms with Gasteiger partial charge in [0, 0.05) is 12.2 Å². The second kappa shape index (κ2) is 22.6. The Morgan fingerprint density at radius 1 is 0.603 bits per heavy atom.